The van der Waals surface area contributed by atoms with Gasteiger partial charge in [0.2, 0.25) is 11.7 Å². The molecule has 7 aromatic rings. The SMILES string of the molecule is [2H]C([2H])([2H])C(O)([C@H]1C[C@]1(c1n[nH]c(=O)o1)n1c(C(=O)N2CCc3nn(-c4cc(C)c(F)c(C)c4)c(N4C=CN(c5ccc6c(cnn6C6CC6)c5F)C4=C=O)c3[C@@H]2C)cc2cc([C@H]3CCOC(C)(C)C3)ccc21)C([2H])([2H])[2H]. The van der Waals surface area contributed by atoms with E-state index >= 15 is 13.6 Å². The lowest BCUT2D eigenvalue weighted by atomic mass is 9.83. The molecular weight excluding hydrogens is 911 g/mol. The summed E-state index contributed by atoms with van der Waals surface area (Å²) in [6.07, 6.45) is 7.52. The molecule has 1 saturated heterocycles. The minimum atomic E-state index is -3.51. The van der Waals surface area contributed by atoms with Crippen molar-refractivity contribution in [1.29, 1.82) is 0 Å². The number of carbonyl (C=O) groups excluding carboxylic acids is 2. The predicted molar refractivity (Wildman–Crippen MR) is 260 cm³/mol. The maximum absolute atomic E-state index is 16.7. The van der Waals surface area contributed by atoms with Gasteiger partial charge in [0.1, 0.15) is 22.9 Å². The third-order valence-electron chi connectivity index (χ3n) is 15.2. The van der Waals surface area contributed by atoms with Gasteiger partial charge in [-0.3, -0.25) is 19.3 Å². The Labute approximate surface area is 415 Å². The number of amides is 1. The minimum Gasteiger partial charge on any atom is -0.390 e. The van der Waals surface area contributed by atoms with E-state index in [4.69, 9.17) is 22.5 Å². The number of aromatic nitrogens is 7. The van der Waals surface area contributed by atoms with Gasteiger partial charge in [0.25, 0.3) is 5.91 Å². The molecule has 1 amide bonds. The first kappa shape index (κ1) is 38.6. The van der Waals surface area contributed by atoms with Crippen molar-refractivity contribution < 1.29 is 40.9 Å². The fourth-order valence-electron chi connectivity index (χ4n) is 11.6. The van der Waals surface area contributed by atoms with Crippen LogP contribution in [0.4, 0.5) is 20.3 Å². The van der Waals surface area contributed by atoms with Crippen molar-refractivity contribution in [1.82, 2.24) is 39.2 Å². The standard InChI is InChI=1S/C53H54F2N10O6/c1-28-20-35(21-29(2)45(28)54)65-47(62-18-17-61(43(62)27-66)40-13-12-39-36(46(40)55)26-56-64(39)34-9-10-34)44-30(3)60(16-14-37(44)59-65)48(67)41-23-33-22-31(32-15-19-70-51(4,5)24-32)8-11-38(33)63(41)53(25-42(53)52(6,7)69)49-57-58-50(68)71-49/h8,11-13,17-18,20-23,26,30,32,34,42,69H,9-10,14-16,19,24-25H2,1-7H3,(H,58,68)/t30-,32-,42+,53-/m0/s1/i6D3,7D3. The number of benzene rings is 3. The van der Waals surface area contributed by atoms with Crippen molar-refractivity contribution >= 4 is 45.2 Å². The van der Waals surface area contributed by atoms with E-state index in [1.165, 1.54) is 26.8 Å². The van der Waals surface area contributed by atoms with Crippen LogP contribution in [-0.4, -0.2) is 80.5 Å². The highest BCUT2D eigenvalue weighted by molar-refractivity contribution is 6.00. The fraction of sp³-hybridized carbons (Fsp3) is 0.415. The highest BCUT2D eigenvalue weighted by Gasteiger charge is 2.67. The van der Waals surface area contributed by atoms with Crippen molar-refractivity contribution in [2.75, 3.05) is 23.0 Å². The molecule has 5 aliphatic rings. The molecule has 71 heavy (non-hydrogen) atoms. The molecule has 7 heterocycles. The first-order valence-corrected chi connectivity index (χ1v) is 23.8. The Balaban J connectivity index is 1.01. The van der Waals surface area contributed by atoms with Gasteiger partial charge in [-0.05, 0) is 145 Å². The van der Waals surface area contributed by atoms with E-state index in [-0.39, 0.29) is 53.3 Å². The molecule has 3 fully saturated rings. The number of rotatable bonds is 9. The molecule has 366 valence electrons. The van der Waals surface area contributed by atoms with Crippen molar-refractivity contribution in [2.24, 2.45) is 5.92 Å². The number of carbonyl (C=O) groups is 1. The van der Waals surface area contributed by atoms with E-state index in [9.17, 15) is 14.7 Å². The molecule has 0 radical (unpaired) electrons. The lowest BCUT2D eigenvalue weighted by Gasteiger charge is -2.36. The maximum atomic E-state index is 16.7. The maximum Gasteiger partial charge on any atom is 0.434 e. The molecule has 0 unspecified atom stereocenters. The van der Waals surface area contributed by atoms with Gasteiger partial charge < -0.3 is 23.7 Å². The molecule has 0 bridgehead atoms. The second-order valence-corrected chi connectivity index (χ2v) is 20.4. The van der Waals surface area contributed by atoms with E-state index in [0.717, 1.165) is 18.4 Å². The van der Waals surface area contributed by atoms with Crippen LogP contribution < -0.4 is 15.6 Å². The van der Waals surface area contributed by atoms with Crippen LogP contribution in [0.5, 0.6) is 0 Å². The number of aliphatic hydroxyl groups is 1. The number of aromatic amines is 1. The summed E-state index contributed by atoms with van der Waals surface area (Å²) in [5, 5.41) is 28.8. The summed E-state index contributed by atoms with van der Waals surface area (Å²) in [4.78, 5) is 46.7. The van der Waals surface area contributed by atoms with Crippen molar-refractivity contribution in [3.63, 3.8) is 0 Å². The molecule has 16 nitrogen and oxygen atoms in total. The number of ether oxygens (including phenoxy) is 1. The second-order valence-electron chi connectivity index (χ2n) is 20.4. The third-order valence-corrected chi connectivity index (χ3v) is 15.2. The number of hydrogen-bond donors (Lipinski definition) is 2. The largest absolute Gasteiger partial charge is 0.434 e. The van der Waals surface area contributed by atoms with E-state index in [0.29, 0.717) is 63.9 Å². The van der Waals surface area contributed by atoms with Crippen LogP contribution in [0.3, 0.4) is 0 Å². The molecule has 12 rings (SSSR count). The Morgan fingerprint density at radius 3 is 2.46 bits per heavy atom. The van der Waals surface area contributed by atoms with E-state index in [1.54, 1.807) is 77.6 Å². The lowest BCUT2D eigenvalue weighted by molar-refractivity contribution is -0.0592. The molecule has 0 spiro atoms. The number of anilines is 2. The zero-order valence-electron chi connectivity index (χ0n) is 45.6. The zero-order valence-corrected chi connectivity index (χ0v) is 39.6. The van der Waals surface area contributed by atoms with Gasteiger partial charge >= 0.3 is 5.76 Å². The van der Waals surface area contributed by atoms with Crippen LogP contribution in [0.25, 0.3) is 27.5 Å². The average molecular weight is 971 g/mol. The number of H-pyrrole nitrogens is 1. The highest BCUT2D eigenvalue weighted by atomic mass is 19.1. The first-order chi connectivity index (χ1) is 36.4. The van der Waals surface area contributed by atoms with Gasteiger partial charge in [-0.1, -0.05) is 6.07 Å². The Morgan fingerprint density at radius 1 is 1.00 bits per heavy atom. The summed E-state index contributed by atoms with van der Waals surface area (Å²) in [5.41, 5.74) is -1.94. The Morgan fingerprint density at radius 2 is 1.76 bits per heavy atom. The van der Waals surface area contributed by atoms with Crippen LogP contribution >= 0.6 is 0 Å². The van der Waals surface area contributed by atoms with Gasteiger partial charge in [-0.15, -0.1) is 5.10 Å². The zero-order chi connectivity index (χ0) is 54.6. The van der Waals surface area contributed by atoms with Crippen LogP contribution in [0, 0.1) is 31.4 Å². The summed E-state index contributed by atoms with van der Waals surface area (Å²) in [5.74, 6) is -2.66. The van der Waals surface area contributed by atoms with Crippen molar-refractivity contribution in [3.8, 4) is 5.69 Å². The third kappa shape index (κ3) is 6.96. The molecule has 2 aliphatic carbocycles. The summed E-state index contributed by atoms with van der Waals surface area (Å²) < 4.78 is 99.3. The normalized spacial score (nSPS) is 24.6. The molecule has 2 N–H and O–H groups in total. The number of nitrogens with one attached hydrogen (secondary N) is 1. The number of nitrogens with zero attached hydrogens (tertiary/aromatic N) is 9. The molecule has 4 atom stereocenters. The van der Waals surface area contributed by atoms with Gasteiger partial charge in [-0.2, -0.15) is 10.2 Å². The molecule has 2 saturated carbocycles. The van der Waals surface area contributed by atoms with Gasteiger partial charge in [0, 0.05) is 62.6 Å². The minimum absolute atomic E-state index is 0.0451. The Hall–Kier alpha value is -7.14. The summed E-state index contributed by atoms with van der Waals surface area (Å²) in [6.45, 7) is 2.55. The predicted octanol–water partition coefficient (Wildman–Crippen LogP) is 8.52. The Bertz CT molecular complexity index is 3730. The summed E-state index contributed by atoms with van der Waals surface area (Å²) in [6, 6.07) is 13.0. The van der Waals surface area contributed by atoms with Crippen LogP contribution in [0.1, 0.15) is 137 Å². The van der Waals surface area contributed by atoms with Crippen LogP contribution in [-0.2, 0) is 21.5 Å². The number of hydrogen-bond acceptors (Lipinski definition) is 11. The molecule has 3 aromatic carbocycles. The smallest absolute Gasteiger partial charge is 0.390 e. The van der Waals surface area contributed by atoms with E-state index < -0.39 is 78.0 Å². The fourth-order valence-corrected chi connectivity index (χ4v) is 11.6. The first-order valence-electron chi connectivity index (χ1n) is 26.8. The molecular formula is C53H54F2N10O6. The number of fused-ring (bicyclic) bond motifs is 3. The monoisotopic (exact) mass is 970 g/mol. The number of halogens is 2. The van der Waals surface area contributed by atoms with E-state index in [1.807, 2.05) is 31.9 Å². The van der Waals surface area contributed by atoms with Crippen molar-refractivity contribution in [3.05, 3.63) is 135 Å². The molecule has 4 aromatic heterocycles. The van der Waals surface area contributed by atoms with Crippen LogP contribution in [0.2, 0.25) is 0 Å². The quantitative estimate of drug-likeness (QED) is 0.133. The molecule has 18 heteroatoms. The lowest BCUT2D eigenvalue weighted by Crippen LogP contribution is -2.41. The van der Waals surface area contributed by atoms with Gasteiger partial charge in [-0.25, -0.2) is 28.2 Å². The topological polar surface area (TPSA) is 173 Å². The summed E-state index contributed by atoms with van der Waals surface area (Å²) in [7, 11) is 0. The van der Waals surface area contributed by atoms with Gasteiger partial charge in [0.15, 0.2) is 11.8 Å². The van der Waals surface area contributed by atoms with Gasteiger partial charge in [0.05, 0.1) is 57.5 Å². The Kier molecular flexibility index (Phi) is 8.52. The second kappa shape index (κ2) is 15.7. The van der Waals surface area contributed by atoms with Crippen molar-refractivity contribution in [2.45, 2.75) is 122 Å². The van der Waals surface area contributed by atoms with E-state index in [2.05, 4.69) is 15.3 Å². The molecule has 3 aliphatic heterocycles. The van der Waals surface area contributed by atoms with Crippen LogP contribution in [0.15, 0.2) is 82.2 Å². The highest BCUT2D eigenvalue weighted by Crippen LogP contribution is 2.61. The average Bonchev–Trinajstić information content (AvgIpc) is 4.17. The summed E-state index contributed by atoms with van der Waals surface area (Å²) >= 11 is 0. The number of aryl methyl sites for hydroxylation is 2.